The molecule has 26 heavy (non-hydrogen) atoms. The highest BCUT2D eigenvalue weighted by Crippen LogP contribution is 2.28. The number of carbonyl (C=O) groups excluding carboxylic acids is 1. The van der Waals surface area contributed by atoms with Crippen molar-refractivity contribution in [3.63, 3.8) is 0 Å². The number of anilines is 2. The zero-order valence-electron chi connectivity index (χ0n) is 14.2. The summed E-state index contributed by atoms with van der Waals surface area (Å²) < 4.78 is 5.58. The van der Waals surface area contributed by atoms with Gasteiger partial charge in [0.05, 0.1) is 11.4 Å². The van der Waals surface area contributed by atoms with E-state index in [9.17, 15) is 4.79 Å². The molecule has 1 saturated heterocycles. The standard InChI is InChI=1S/C20H19N3O2S/c24-19(18-13-14-7-1-4-10-17(14)25-18)22-20(26)21-15-8-2-3-9-16(15)23-11-5-6-12-23/h1-4,7-10,13H,5-6,11-12H2,(H2,21,22,24,26). The van der Waals surface area contributed by atoms with Crippen LogP contribution >= 0.6 is 12.2 Å². The summed E-state index contributed by atoms with van der Waals surface area (Å²) in [5, 5.41) is 6.97. The molecule has 0 unspecified atom stereocenters. The monoisotopic (exact) mass is 365 g/mol. The van der Waals surface area contributed by atoms with Gasteiger partial charge >= 0.3 is 0 Å². The van der Waals surface area contributed by atoms with Crippen LogP contribution in [0, 0.1) is 0 Å². The molecule has 0 saturated carbocycles. The summed E-state index contributed by atoms with van der Waals surface area (Å²) in [6, 6.07) is 17.2. The van der Waals surface area contributed by atoms with Gasteiger partial charge in [0, 0.05) is 18.5 Å². The van der Waals surface area contributed by atoms with E-state index in [4.69, 9.17) is 16.6 Å². The lowest BCUT2D eigenvalue weighted by Crippen LogP contribution is -2.34. The van der Waals surface area contributed by atoms with Crippen LogP contribution in [-0.4, -0.2) is 24.1 Å². The Morgan fingerprint density at radius 2 is 1.77 bits per heavy atom. The Bertz CT molecular complexity index is 927. The third kappa shape index (κ3) is 3.41. The van der Waals surface area contributed by atoms with Gasteiger partial charge in [0.2, 0.25) is 0 Å². The van der Waals surface area contributed by atoms with Crippen molar-refractivity contribution in [2.24, 2.45) is 0 Å². The third-order valence-electron chi connectivity index (χ3n) is 4.48. The first-order valence-corrected chi connectivity index (χ1v) is 9.06. The minimum Gasteiger partial charge on any atom is -0.451 e. The fraction of sp³-hybridized carbons (Fsp3) is 0.200. The van der Waals surface area contributed by atoms with Gasteiger partial charge in [-0.3, -0.25) is 10.1 Å². The Labute approximate surface area is 157 Å². The maximum absolute atomic E-state index is 12.4. The molecule has 1 aromatic heterocycles. The maximum atomic E-state index is 12.4. The Morgan fingerprint density at radius 1 is 1.04 bits per heavy atom. The Balaban J connectivity index is 1.46. The van der Waals surface area contributed by atoms with Crippen LogP contribution in [0.5, 0.6) is 0 Å². The molecule has 4 rings (SSSR count). The fourth-order valence-corrected chi connectivity index (χ4v) is 3.43. The summed E-state index contributed by atoms with van der Waals surface area (Å²) >= 11 is 5.32. The van der Waals surface area contributed by atoms with Crippen molar-refractivity contribution in [1.29, 1.82) is 0 Å². The summed E-state index contributed by atoms with van der Waals surface area (Å²) in [4.78, 5) is 14.7. The lowest BCUT2D eigenvalue weighted by Gasteiger charge is -2.22. The van der Waals surface area contributed by atoms with Gasteiger partial charge in [-0.25, -0.2) is 0 Å². The van der Waals surface area contributed by atoms with Gasteiger partial charge in [0.1, 0.15) is 5.58 Å². The molecule has 1 aliphatic rings. The van der Waals surface area contributed by atoms with Crippen molar-refractivity contribution >= 4 is 45.6 Å². The number of rotatable bonds is 3. The second kappa shape index (κ2) is 7.17. The van der Waals surface area contributed by atoms with Crippen LogP contribution in [-0.2, 0) is 0 Å². The van der Waals surface area contributed by atoms with Crippen LogP contribution < -0.4 is 15.5 Å². The van der Waals surface area contributed by atoms with Crippen molar-refractivity contribution in [2.45, 2.75) is 12.8 Å². The second-order valence-corrected chi connectivity index (χ2v) is 6.68. The van der Waals surface area contributed by atoms with Crippen molar-refractivity contribution in [3.05, 3.63) is 60.4 Å². The molecule has 0 aliphatic carbocycles. The molecular weight excluding hydrogens is 346 g/mol. The molecule has 0 spiro atoms. The van der Waals surface area contributed by atoms with Crippen LogP contribution in [0.4, 0.5) is 11.4 Å². The van der Waals surface area contributed by atoms with Crippen LogP contribution in [0.1, 0.15) is 23.4 Å². The van der Waals surface area contributed by atoms with Crippen molar-refractivity contribution in [1.82, 2.24) is 5.32 Å². The predicted octanol–water partition coefficient (Wildman–Crippen LogP) is 4.16. The number of amides is 1. The van der Waals surface area contributed by atoms with Gasteiger partial charge in [-0.05, 0) is 49.3 Å². The Morgan fingerprint density at radius 3 is 2.58 bits per heavy atom. The predicted molar refractivity (Wildman–Crippen MR) is 108 cm³/mol. The number of fused-ring (bicyclic) bond motifs is 1. The fourth-order valence-electron chi connectivity index (χ4n) is 3.23. The van der Waals surface area contributed by atoms with Crippen molar-refractivity contribution in [3.8, 4) is 0 Å². The number of hydrogen-bond donors (Lipinski definition) is 2. The SMILES string of the molecule is O=C(NC(=S)Nc1ccccc1N1CCCC1)c1cc2ccccc2o1. The number of furan rings is 1. The van der Waals surface area contributed by atoms with E-state index in [1.807, 2.05) is 42.5 Å². The molecule has 2 aromatic carbocycles. The van der Waals surface area contributed by atoms with E-state index < -0.39 is 0 Å². The molecular formula is C20H19N3O2S. The van der Waals surface area contributed by atoms with Gasteiger partial charge in [-0.2, -0.15) is 0 Å². The second-order valence-electron chi connectivity index (χ2n) is 6.27. The van der Waals surface area contributed by atoms with Crippen molar-refractivity contribution < 1.29 is 9.21 Å². The highest BCUT2D eigenvalue weighted by molar-refractivity contribution is 7.80. The number of thiocarbonyl (C=S) groups is 1. The van der Waals surface area contributed by atoms with Crippen LogP contribution in [0.2, 0.25) is 0 Å². The van der Waals surface area contributed by atoms with E-state index in [-0.39, 0.29) is 16.8 Å². The first-order chi connectivity index (χ1) is 12.7. The molecule has 6 heteroatoms. The van der Waals surface area contributed by atoms with E-state index in [0.29, 0.717) is 5.58 Å². The smallest absolute Gasteiger partial charge is 0.293 e. The highest BCUT2D eigenvalue weighted by atomic mass is 32.1. The number of nitrogens with zero attached hydrogens (tertiary/aromatic N) is 1. The van der Waals surface area contributed by atoms with E-state index in [2.05, 4.69) is 21.6 Å². The van der Waals surface area contributed by atoms with Crippen LogP contribution in [0.3, 0.4) is 0 Å². The number of nitrogens with one attached hydrogen (secondary N) is 2. The summed E-state index contributed by atoms with van der Waals surface area (Å²) in [5.74, 6) is -0.125. The zero-order chi connectivity index (χ0) is 17.9. The average molecular weight is 365 g/mol. The van der Waals surface area contributed by atoms with Gasteiger partial charge < -0.3 is 14.6 Å². The normalized spacial score (nSPS) is 13.8. The van der Waals surface area contributed by atoms with Crippen molar-refractivity contribution in [2.75, 3.05) is 23.3 Å². The topological polar surface area (TPSA) is 57.5 Å². The molecule has 132 valence electrons. The van der Waals surface area contributed by atoms with Crippen LogP contribution in [0.25, 0.3) is 11.0 Å². The molecule has 0 atom stereocenters. The van der Waals surface area contributed by atoms with Gasteiger partial charge in [-0.15, -0.1) is 0 Å². The summed E-state index contributed by atoms with van der Waals surface area (Å²) in [6.45, 7) is 2.08. The largest absolute Gasteiger partial charge is 0.451 e. The number of carbonyl (C=O) groups is 1. The molecule has 1 aliphatic heterocycles. The average Bonchev–Trinajstić information content (AvgIpc) is 3.31. The lowest BCUT2D eigenvalue weighted by molar-refractivity contribution is 0.0953. The van der Waals surface area contributed by atoms with E-state index in [1.165, 1.54) is 12.8 Å². The summed E-state index contributed by atoms with van der Waals surface area (Å²) in [5.41, 5.74) is 2.67. The van der Waals surface area contributed by atoms with Gasteiger partial charge in [0.15, 0.2) is 10.9 Å². The summed E-state index contributed by atoms with van der Waals surface area (Å²) in [6.07, 6.45) is 2.39. The molecule has 5 nitrogen and oxygen atoms in total. The molecule has 1 fully saturated rings. The number of hydrogen-bond acceptors (Lipinski definition) is 4. The minimum atomic E-state index is -0.364. The molecule has 0 radical (unpaired) electrons. The highest BCUT2D eigenvalue weighted by Gasteiger charge is 2.17. The molecule has 1 amide bonds. The first-order valence-electron chi connectivity index (χ1n) is 8.65. The van der Waals surface area contributed by atoms with E-state index >= 15 is 0 Å². The maximum Gasteiger partial charge on any atom is 0.293 e. The molecule has 2 N–H and O–H groups in total. The quantitative estimate of drug-likeness (QED) is 0.683. The molecule has 3 aromatic rings. The van der Waals surface area contributed by atoms with E-state index in [1.54, 1.807) is 6.07 Å². The lowest BCUT2D eigenvalue weighted by atomic mass is 10.2. The molecule has 2 heterocycles. The van der Waals surface area contributed by atoms with Crippen LogP contribution in [0.15, 0.2) is 59.0 Å². The molecule has 0 bridgehead atoms. The Hall–Kier alpha value is -2.86. The Kier molecular flexibility index (Phi) is 4.58. The summed E-state index contributed by atoms with van der Waals surface area (Å²) in [7, 11) is 0. The van der Waals surface area contributed by atoms with Gasteiger partial charge in [-0.1, -0.05) is 30.3 Å². The number of para-hydroxylation sites is 3. The zero-order valence-corrected chi connectivity index (χ0v) is 15.0. The van der Waals surface area contributed by atoms with E-state index in [0.717, 1.165) is 29.9 Å². The van der Waals surface area contributed by atoms with Gasteiger partial charge in [0.25, 0.3) is 5.91 Å². The first kappa shape index (κ1) is 16.6. The number of benzene rings is 2. The third-order valence-corrected chi connectivity index (χ3v) is 4.68. The minimum absolute atomic E-state index is 0.239.